The summed E-state index contributed by atoms with van der Waals surface area (Å²) in [5.74, 6) is 1.16. The zero-order valence-electron chi connectivity index (χ0n) is 16.1. The largest absolute Gasteiger partial charge is 0.343 e. The quantitative estimate of drug-likeness (QED) is 0.675. The van der Waals surface area contributed by atoms with Gasteiger partial charge in [0.15, 0.2) is 0 Å². The molecule has 1 aliphatic carbocycles. The Morgan fingerprint density at radius 1 is 0.885 bits per heavy atom. The molecule has 1 saturated carbocycles. The average Bonchev–Trinajstić information content (AvgIpc) is 2.71. The van der Waals surface area contributed by atoms with Gasteiger partial charge in [-0.25, -0.2) is 0 Å². The Balaban J connectivity index is 1.99. The van der Waals surface area contributed by atoms with Gasteiger partial charge in [0, 0.05) is 24.9 Å². The molecule has 2 aromatic rings. The van der Waals surface area contributed by atoms with Gasteiger partial charge in [-0.1, -0.05) is 73.5 Å². The lowest BCUT2D eigenvalue weighted by molar-refractivity contribution is -0.138. The van der Waals surface area contributed by atoms with Crippen molar-refractivity contribution in [3.8, 4) is 0 Å². The van der Waals surface area contributed by atoms with Crippen LogP contribution >= 0.6 is 0 Å². The normalized spacial score (nSPS) is 20.1. The molecule has 0 bridgehead atoms. The standard InChI is InChI=1S/C24H31NO/c1-3-25(4-2)24(26)22-18-12-11-17-21(22)23(19-13-7-5-8-14-19)20-15-9-6-10-16-20/h5-10,13-16,21-23H,3-4,11-12,17-18H2,1-2H3/t21-,22-/m0/s1. The van der Waals surface area contributed by atoms with Crippen molar-refractivity contribution in [1.82, 2.24) is 4.90 Å². The van der Waals surface area contributed by atoms with E-state index in [0.717, 1.165) is 25.9 Å². The van der Waals surface area contributed by atoms with E-state index in [1.807, 2.05) is 4.90 Å². The van der Waals surface area contributed by atoms with Gasteiger partial charge in [-0.15, -0.1) is 0 Å². The highest BCUT2D eigenvalue weighted by Crippen LogP contribution is 2.44. The number of hydrogen-bond acceptors (Lipinski definition) is 1. The van der Waals surface area contributed by atoms with Crippen LogP contribution in [0.4, 0.5) is 0 Å². The lowest BCUT2D eigenvalue weighted by atomic mass is 9.67. The Kier molecular flexibility index (Phi) is 6.49. The predicted octanol–water partition coefficient (Wildman–Crippen LogP) is 5.49. The molecule has 0 radical (unpaired) electrons. The van der Waals surface area contributed by atoms with Crippen molar-refractivity contribution < 1.29 is 4.79 Å². The maximum atomic E-state index is 13.3. The van der Waals surface area contributed by atoms with E-state index in [-0.39, 0.29) is 5.92 Å². The average molecular weight is 350 g/mol. The van der Waals surface area contributed by atoms with Gasteiger partial charge in [-0.2, -0.15) is 0 Å². The van der Waals surface area contributed by atoms with Gasteiger partial charge in [-0.3, -0.25) is 4.79 Å². The fourth-order valence-corrected chi connectivity index (χ4v) is 4.64. The fraction of sp³-hybridized carbons (Fsp3) is 0.458. The van der Waals surface area contributed by atoms with Crippen LogP contribution in [-0.2, 0) is 4.79 Å². The molecule has 1 fully saturated rings. The molecule has 26 heavy (non-hydrogen) atoms. The molecule has 1 aliphatic rings. The number of carbonyl (C=O) groups is 1. The number of rotatable bonds is 6. The highest BCUT2D eigenvalue weighted by molar-refractivity contribution is 5.79. The minimum atomic E-state index is 0.133. The Morgan fingerprint density at radius 2 is 1.38 bits per heavy atom. The Morgan fingerprint density at radius 3 is 1.88 bits per heavy atom. The van der Waals surface area contributed by atoms with E-state index in [2.05, 4.69) is 74.5 Å². The van der Waals surface area contributed by atoms with Crippen LogP contribution in [0.15, 0.2) is 60.7 Å². The van der Waals surface area contributed by atoms with Crippen LogP contribution in [-0.4, -0.2) is 23.9 Å². The van der Waals surface area contributed by atoms with Gasteiger partial charge in [0.05, 0.1) is 0 Å². The third-order valence-corrected chi connectivity index (χ3v) is 5.96. The van der Waals surface area contributed by atoms with E-state index in [1.54, 1.807) is 0 Å². The molecule has 0 aliphatic heterocycles. The molecule has 2 nitrogen and oxygen atoms in total. The zero-order valence-corrected chi connectivity index (χ0v) is 16.1. The van der Waals surface area contributed by atoms with Gasteiger partial charge < -0.3 is 4.90 Å². The number of nitrogens with zero attached hydrogens (tertiary/aromatic N) is 1. The van der Waals surface area contributed by atoms with Gasteiger partial charge in [-0.05, 0) is 43.7 Å². The van der Waals surface area contributed by atoms with Gasteiger partial charge in [0.25, 0.3) is 0 Å². The summed E-state index contributed by atoms with van der Waals surface area (Å²) in [4.78, 5) is 15.3. The van der Waals surface area contributed by atoms with Crippen LogP contribution in [0, 0.1) is 11.8 Å². The summed E-state index contributed by atoms with van der Waals surface area (Å²) >= 11 is 0. The van der Waals surface area contributed by atoms with E-state index >= 15 is 0 Å². The van der Waals surface area contributed by atoms with Gasteiger partial charge >= 0.3 is 0 Å². The van der Waals surface area contributed by atoms with Gasteiger partial charge in [0.1, 0.15) is 0 Å². The number of benzene rings is 2. The first-order chi connectivity index (χ1) is 12.8. The molecular formula is C24H31NO. The van der Waals surface area contributed by atoms with Crippen molar-refractivity contribution in [2.45, 2.75) is 45.4 Å². The molecule has 1 amide bonds. The summed E-state index contributed by atoms with van der Waals surface area (Å²) in [6.07, 6.45) is 4.55. The Labute approximate surface area is 158 Å². The molecule has 0 saturated heterocycles. The third kappa shape index (κ3) is 4.00. The minimum absolute atomic E-state index is 0.133. The van der Waals surface area contributed by atoms with Crippen LogP contribution in [0.3, 0.4) is 0 Å². The fourth-order valence-electron chi connectivity index (χ4n) is 4.64. The van der Waals surface area contributed by atoms with Gasteiger partial charge in [0.2, 0.25) is 5.91 Å². The molecule has 0 unspecified atom stereocenters. The van der Waals surface area contributed by atoms with Crippen molar-refractivity contribution in [2.75, 3.05) is 13.1 Å². The second-order valence-electron chi connectivity index (χ2n) is 7.36. The molecular weight excluding hydrogens is 318 g/mol. The van der Waals surface area contributed by atoms with Crippen LogP contribution in [0.25, 0.3) is 0 Å². The molecule has 0 spiro atoms. The van der Waals surface area contributed by atoms with Crippen LogP contribution in [0.5, 0.6) is 0 Å². The first-order valence-electron chi connectivity index (χ1n) is 10.1. The van der Waals surface area contributed by atoms with E-state index in [1.165, 1.54) is 24.0 Å². The molecule has 2 heteroatoms. The van der Waals surface area contributed by atoms with Crippen LogP contribution in [0.1, 0.15) is 56.6 Å². The summed E-state index contributed by atoms with van der Waals surface area (Å²) in [6.45, 7) is 5.79. The smallest absolute Gasteiger partial charge is 0.225 e. The predicted molar refractivity (Wildman–Crippen MR) is 108 cm³/mol. The second kappa shape index (κ2) is 9.02. The van der Waals surface area contributed by atoms with Crippen molar-refractivity contribution in [1.29, 1.82) is 0 Å². The first kappa shape index (κ1) is 18.7. The monoisotopic (exact) mass is 349 g/mol. The molecule has 3 rings (SSSR count). The lowest BCUT2D eigenvalue weighted by Crippen LogP contribution is -2.42. The second-order valence-corrected chi connectivity index (χ2v) is 7.36. The van der Waals surface area contributed by atoms with E-state index in [4.69, 9.17) is 0 Å². The lowest BCUT2D eigenvalue weighted by Gasteiger charge is -2.39. The Bertz CT molecular complexity index is 638. The van der Waals surface area contributed by atoms with Crippen LogP contribution in [0.2, 0.25) is 0 Å². The third-order valence-electron chi connectivity index (χ3n) is 5.96. The summed E-state index contributed by atoms with van der Waals surface area (Å²) in [7, 11) is 0. The number of hydrogen-bond donors (Lipinski definition) is 0. The van der Waals surface area contributed by atoms with E-state index < -0.39 is 0 Å². The highest BCUT2D eigenvalue weighted by atomic mass is 16.2. The highest BCUT2D eigenvalue weighted by Gasteiger charge is 2.38. The van der Waals surface area contributed by atoms with Crippen molar-refractivity contribution >= 4 is 5.91 Å². The van der Waals surface area contributed by atoms with E-state index in [0.29, 0.717) is 17.7 Å². The topological polar surface area (TPSA) is 20.3 Å². The van der Waals surface area contributed by atoms with Crippen molar-refractivity contribution in [3.63, 3.8) is 0 Å². The number of carbonyl (C=O) groups excluding carboxylic acids is 1. The molecule has 0 aromatic heterocycles. The minimum Gasteiger partial charge on any atom is -0.343 e. The van der Waals surface area contributed by atoms with Crippen molar-refractivity contribution in [3.05, 3.63) is 71.8 Å². The summed E-state index contributed by atoms with van der Waals surface area (Å²) < 4.78 is 0. The first-order valence-corrected chi connectivity index (χ1v) is 10.1. The number of amides is 1. The van der Waals surface area contributed by atoms with Crippen molar-refractivity contribution in [2.24, 2.45) is 11.8 Å². The van der Waals surface area contributed by atoms with E-state index in [9.17, 15) is 4.79 Å². The molecule has 2 aromatic carbocycles. The molecule has 2 atom stereocenters. The Hall–Kier alpha value is -2.09. The molecule has 0 N–H and O–H groups in total. The summed E-state index contributed by atoms with van der Waals surface area (Å²) in [5, 5.41) is 0. The summed E-state index contributed by atoms with van der Waals surface area (Å²) in [6, 6.07) is 21.5. The summed E-state index contributed by atoms with van der Waals surface area (Å²) in [5.41, 5.74) is 2.67. The van der Waals surface area contributed by atoms with Crippen LogP contribution < -0.4 is 0 Å². The maximum Gasteiger partial charge on any atom is 0.225 e. The SMILES string of the molecule is CCN(CC)C(=O)[C@H]1CCCC[C@@H]1C(c1ccccc1)c1ccccc1. The molecule has 0 heterocycles. The zero-order chi connectivity index (χ0) is 18.4. The molecule has 138 valence electrons. The maximum absolute atomic E-state index is 13.3.